The lowest BCUT2D eigenvalue weighted by molar-refractivity contribution is -0.135. The number of nitrogens with zero attached hydrogens (tertiary/aromatic N) is 2. The first-order valence-electron chi connectivity index (χ1n) is 9.40. The van der Waals surface area contributed by atoms with Crippen LogP contribution < -0.4 is 0 Å². The monoisotopic (exact) mass is 415 g/mol. The lowest BCUT2D eigenvalue weighted by Gasteiger charge is -2.34. The van der Waals surface area contributed by atoms with Crippen LogP contribution in [0.1, 0.15) is 0 Å². The molecule has 1 saturated heterocycles. The number of hydrogen-bond donors (Lipinski definition) is 3. The molecule has 0 radical (unpaired) electrons. The molecule has 0 spiro atoms. The minimum Gasteiger partial charge on any atom is -0.394 e. The van der Waals surface area contributed by atoms with Gasteiger partial charge in [-0.2, -0.15) is 0 Å². The Labute approximate surface area is 172 Å². The molecule has 0 bridgehead atoms. The summed E-state index contributed by atoms with van der Waals surface area (Å²) in [6.45, 7) is 1.28. The molecule has 3 aromatic rings. The van der Waals surface area contributed by atoms with Gasteiger partial charge >= 0.3 is 0 Å². The summed E-state index contributed by atoms with van der Waals surface area (Å²) in [5.74, 6) is -0.322. The molecule has 8 heteroatoms. The molecule has 0 aliphatic carbocycles. The highest BCUT2D eigenvalue weighted by molar-refractivity contribution is 7.97. The summed E-state index contributed by atoms with van der Waals surface area (Å²) < 4.78 is 15.4. The highest BCUT2D eigenvalue weighted by atomic mass is 32.2. The van der Waals surface area contributed by atoms with Crippen LogP contribution in [0.25, 0.3) is 22.0 Å². The lowest BCUT2D eigenvalue weighted by Crippen LogP contribution is -2.50. The van der Waals surface area contributed by atoms with Gasteiger partial charge in [0.1, 0.15) is 5.82 Å². The van der Waals surface area contributed by atoms with Gasteiger partial charge in [-0.05, 0) is 47.8 Å². The average molecular weight is 415 g/mol. The van der Waals surface area contributed by atoms with Crippen LogP contribution in [-0.2, 0) is 4.79 Å². The third-order valence-electron chi connectivity index (χ3n) is 4.97. The van der Waals surface area contributed by atoms with Crippen LogP contribution in [0.15, 0.2) is 53.6 Å². The number of rotatable bonds is 6. The molecule has 1 atom stereocenters. The summed E-state index contributed by atoms with van der Waals surface area (Å²) in [6, 6.07) is 12.8. The van der Waals surface area contributed by atoms with E-state index in [1.807, 2.05) is 34.8 Å². The number of carbonyl (C=O) groups excluding carboxylic acids is 1. The predicted octanol–water partition coefficient (Wildman–Crippen LogP) is 2.48. The zero-order valence-corrected chi connectivity index (χ0v) is 16.5. The number of nitrogens with one attached hydrogen (secondary N) is 1. The summed E-state index contributed by atoms with van der Waals surface area (Å²) in [5, 5.41) is 19.4. The fraction of sp³-hybridized carbons (Fsp3) is 0.286. The van der Waals surface area contributed by atoms with Gasteiger partial charge in [0.15, 0.2) is 0 Å². The Morgan fingerprint density at radius 3 is 2.69 bits per heavy atom. The highest BCUT2D eigenvalue weighted by Gasteiger charge is 2.26. The van der Waals surface area contributed by atoms with Gasteiger partial charge < -0.3 is 20.1 Å². The van der Waals surface area contributed by atoms with E-state index in [1.54, 1.807) is 11.0 Å². The zero-order chi connectivity index (χ0) is 20.4. The topological polar surface area (TPSA) is 79.8 Å². The fourth-order valence-electron chi connectivity index (χ4n) is 3.45. The van der Waals surface area contributed by atoms with Crippen LogP contribution in [0.5, 0.6) is 0 Å². The molecule has 3 N–H and O–H groups in total. The minimum atomic E-state index is -0.897. The Morgan fingerprint density at radius 1 is 1.17 bits per heavy atom. The lowest BCUT2D eigenvalue weighted by atomic mass is 10.1. The van der Waals surface area contributed by atoms with Gasteiger partial charge in [0.2, 0.25) is 5.91 Å². The normalized spacial score (nSPS) is 16.5. The standard InChI is InChI=1S/C21H22FN3O3S/c22-15-3-6-18-19(10-23-20(18)9-15)14-1-4-17(5-2-14)29-25-8-7-24(21(28)12-25)11-16(27)13-26/h1-6,9-10,16,23,26-27H,7-8,11-13H2. The molecule has 1 aromatic heterocycles. The van der Waals surface area contributed by atoms with Crippen molar-refractivity contribution in [2.45, 2.75) is 11.0 Å². The van der Waals surface area contributed by atoms with E-state index in [2.05, 4.69) is 4.98 Å². The Hall–Kier alpha value is -2.39. The van der Waals surface area contributed by atoms with Gasteiger partial charge in [-0.3, -0.25) is 4.79 Å². The van der Waals surface area contributed by atoms with Crippen LogP contribution in [0.2, 0.25) is 0 Å². The zero-order valence-electron chi connectivity index (χ0n) is 15.7. The number of fused-ring (bicyclic) bond motifs is 1. The molecule has 1 fully saturated rings. The molecule has 2 aromatic carbocycles. The van der Waals surface area contributed by atoms with Crippen molar-refractivity contribution in [1.29, 1.82) is 0 Å². The number of piperazine rings is 1. The summed E-state index contributed by atoms with van der Waals surface area (Å²) in [7, 11) is 0. The van der Waals surface area contributed by atoms with E-state index in [9.17, 15) is 14.3 Å². The quantitative estimate of drug-likeness (QED) is 0.539. The van der Waals surface area contributed by atoms with Crippen LogP contribution in [-0.4, -0.2) is 69.2 Å². The molecule has 1 aliphatic rings. The molecular formula is C21H22FN3O3S. The number of amides is 1. The Bertz CT molecular complexity index is 1010. The van der Waals surface area contributed by atoms with E-state index in [0.29, 0.717) is 13.1 Å². The second kappa shape index (κ2) is 8.54. The summed E-state index contributed by atoms with van der Waals surface area (Å²) in [5.41, 5.74) is 2.81. The molecule has 1 aliphatic heterocycles. The van der Waals surface area contributed by atoms with Crippen molar-refractivity contribution in [2.75, 3.05) is 32.8 Å². The maximum Gasteiger partial charge on any atom is 0.237 e. The van der Waals surface area contributed by atoms with E-state index >= 15 is 0 Å². The number of aromatic amines is 1. The SMILES string of the molecule is O=C1CN(Sc2ccc(-c3c[nH]c4cc(F)ccc34)cc2)CCN1CC(O)CO. The van der Waals surface area contributed by atoms with Crippen molar-refractivity contribution in [3.05, 3.63) is 54.5 Å². The number of aliphatic hydroxyl groups excluding tert-OH is 2. The number of hydrogen-bond acceptors (Lipinski definition) is 5. The summed E-state index contributed by atoms with van der Waals surface area (Å²) in [4.78, 5) is 18.0. The third kappa shape index (κ3) is 4.45. The third-order valence-corrected chi connectivity index (χ3v) is 6.02. The van der Waals surface area contributed by atoms with Crippen molar-refractivity contribution in [1.82, 2.24) is 14.2 Å². The first-order chi connectivity index (χ1) is 14.0. The highest BCUT2D eigenvalue weighted by Crippen LogP contribution is 2.31. The molecule has 6 nitrogen and oxygen atoms in total. The fourth-order valence-corrected chi connectivity index (χ4v) is 4.36. The van der Waals surface area contributed by atoms with Gasteiger partial charge in [-0.15, -0.1) is 0 Å². The summed E-state index contributed by atoms with van der Waals surface area (Å²) in [6.07, 6.45) is 0.983. The predicted molar refractivity (Wildman–Crippen MR) is 111 cm³/mol. The Morgan fingerprint density at radius 2 is 1.97 bits per heavy atom. The number of aromatic nitrogens is 1. The van der Waals surface area contributed by atoms with Gasteiger partial charge in [0, 0.05) is 47.2 Å². The minimum absolute atomic E-state index is 0.0566. The molecule has 4 rings (SSSR count). The van der Waals surface area contributed by atoms with Crippen LogP contribution in [0.3, 0.4) is 0 Å². The number of halogens is 1. The second-order valence-electron chi connectivity index (χ2n) is 7.05. The number of carbonyl (C=O) groups is 1. The maximum absolute atomic E-state index is 13.4. The molecular weight excluding hydrogens is 393 g/mol. The Kier molecular flexibility index (Phi) is 5.86. The van der Waals surface area contributed by atoms with E-state index < -0.39 is 6.10 Å². The number of β-amino-alcohol motifs (C(OH)–C–C–N with tert-alkyl or cyclic N) is 1. The van der Waals surface area contributed by atoms with E-state index in [-0.39, 0.29) is 31.4 Å². The number of aliphatic hydroxyl groups is 2. The van der Waals surface area contributed by atoms with Gasteiger partial charge in [-0.25, -0.2) is 8.70 Å². The van der Waals surface area contributed by atoms with E-state index in [1.165, 1.54) is 24.1 Å². The summed E-state index contributed by atoms with van der Waals surface area (Å²) >= 11 is 1.52. The molecule has 0 saturated carbocycles. The number of benzene rings is 2. The van der Waals surface area contributed by atoms with Gasteiger partial charge in [0.25, 0.3) is 0 Å². The van der Waals surface area contributed by atoms with Crippen molar-refractivity contribution in [2.24, 2.45) is 0 Å². The molecule has 2 heterocycles. The molecule has 29 heavy (non-hydrogen) atoms. The van der Waals surface area contributed by atoms with E-state index in [0.717, 1.165) is 26.9 Å². The number of H-pyrrole nitrogens is 1. The van der Waals surface area contributed by atoms with Crippen molar-refractivity contribution in [3.63, 3.8) is 0 Å². The molecule has 1 amide bonds. The smallest absolute Gasteiger partial charge is 0.237 e. The van der Waals surface area contributed by atoms with Crippen LogP contribution in [0.4, 0.5) is 4.39 Å². The van der Waals surface area contributed by atoms with E-state index in [4.69, 9.17) is 5.11 Å². The van der Waals surface area contributed by atoms with Crippen molar-refractivity contribution < 1.29 is 19.4 Å². The van der Waals surface area contributed by atoms with Gasteiger partial charge in [0.05, 0.1) is 19.3 Å². The molecule has 1 unspecified atom stereocenters. The first-order valence-corrected chi connectivity index (χ1v) is 10.2. The first kappa shape index (κ1) is 19.9. The average Bonchev–Trinajstić information content (AvgIpc) is 3.13. The van der Waals surface area contributed by atoms with Crippen LogP contribution in [0, 0.1) is 5.82 Å². The van der Waals surface area contributed by atoms with Crippen LogP contribution >= 0.6 is 11.9 Å². The molecule has 152 valence electrons. The van der Waals surface area contributed by atoms with Crippen molar-refractivity contribution in [3.8, 4) is 11.1 Å². The van der Waals surface area contributed by atoms with Crippen molar-refractivity contribution >= 4 is 28.8 Å². The largest absolute Gasteiger partial charge is 0.394 e. The maximum atomic E-state index is 13.4. The Balaban J connectivity index is 1.40. The van der Waals surface area contributed by atoms with Gasteiger partial charge in [-0.1, -0.05) is 12.1 Å². The second-order valence-corrected chi connectivity index (χ2v) is 8.22.